The number of ketones is 1. The summed E-state index contributed by atoms with van der Waals surface area (Å²) in [5, 5.41) is 10.2. The van der Waals surface area contributed by atoms with Crippen LogP contribution >= 0.6 is 0 Å². The minimum Gasteiger partial charge on any atom is -0.503 e. The lowest BCUT2D eigenvalue weighted by Crippen LogP contribution is -2.40. The van der Waals surface area contributed by atoms with Crippen molar-refractivity contribution in [1.82, 2.24) is 4.98 Å². The quantitative estimate of drug-likeness (QED) is 0.371. The summed E-state index contributed by atoms with van der Waals surface area (Å²) >= 11 is 0. The molecule has 0 aliphatic carbocycles. The summed E-state index contributed by atoms with van der Waals surface area (Å²) in [5.74, 6) is -1.02. The Morgan fingerprint density at radius 3 is 2.31 bits per heavy atom. The Morgan fingerprint density at radius 1 is 1.06 bits per heavy atom. The second-order valence-electron chi connectivity index (χ2n) is 7.85. The molecule has 174 valence electrons. The summed E-state index contributed by atoms with van der Waals surface area (Å²) in [6, 6.07) is 10.8. The summed E-state index contributed by atoms with van der Waals surface area (Å²) in [7, 11) is 1.39. The van der Waals surface area contributed by atoms with Crippen molar-refractivity contribution < 1.29 is 28.9 Å². The van der Waals surface area contributed by atoms with Crippen molar-refractivity contribution in [2.24, 2.45) is 11.8 Å². The number of Topliss-reactive ketones (excluding diaryl/α,β-unsaturated/α-hetero) is 1. The van der Waals surface area contributed by atoms with Gasteiger partial charge in [-0.1, -0.05) is 39.0 Å². The Balaban J connectivity index is 2.10. The highest BCUT2D eigenvalue weighted by molar-refractivity contribution is 5.99. The van der Waals surface area contributed by atoms with Gasteiger partial charge in [-0.25, -0.2) is 4.98 Å². The molecule has 0 aliphatic heterocycles. The van der Waals surface area contributed by atoms with E-state index in [4.69, 9.17) is 14.2 Å². The Bertz CT molecular complexity index is 881. The molecule has 3 atom stereocenters. The zero-order valence-corrected chi connectivity index (χ0v) is 19.4. The van der Waals surface area contributed by atoms with Crippen molar-refractivity contribution >= 4 is 11.8 Å². The number of nitrogens with zero attached hydrogens (tertiary/aromatic N) is 1. The minimum absolute atomic E-state index is 0.115. The first-order chi connectivity index (χ1) is 15.3. The van der Waals surface area contributed by atoms with Crippen molar-refractivity contribution in [3.63, 3.8) is 0 Å². The molecule has 1 aromatic heterocycles. The van der Waals surface area contributed by atoms with E-state index in [1.165, 1.54) is 19.4 Å². The predicted molar refractivity (Wildman–Crippen MR) is 121 cm³/mol. The van der Waals surface area contributed by atoms with E-state index in [1.54, 1.807) is 6.92 Å². The zero-order chi connectivity index (χ0) is 23.7. The fourth-order valence-corrected chi connectivity index (χ4v) is 3.62. The van der Waals surface area contributed by atoms with E-state index < -0.39 is 23.8 Å². The highest BCUT2D eigenvalue weighted by atomic mass is 16.6. The van der Waals surface area contributed by atoms with Crippen LogP contribution in [-0.4, -0.2) is 41.2 Å². The predicted octanol–water partition coefficient (Wildman–Crippen LogP) is 4.82. The average Bonchev–Trinajstić information content (AvgIpc) is 2.79. The summed E-state index contributed by atoms with van der Waals surface area (Å²) in [6.45, 7) is 7.62. The number of hydrogen-bond acceptors (Lipinski definition) is 7. The second kappa shape index (κ2) is 12.1. The topological polar surface area (TPSA) is 95.0 Å². The van der Waals surface area contributed by atoms with Crippen LogP contribution in [0.1, 0.15) is 57.4 Å². The molecule has 32 heavy (non-hydrogen) atoms. The molecule has 0 bridgehead atoms. The Kier molecular flexibility index (Phi) is 9.50. The molecule has 0 saturated carbocycles. The summed E-state index contributed by atoms with van der Waals surface area (Å²) in [4.78, 5) is 29.5. The standard InChI is InChI=1S/C25H33NO6/c1-6-18(7-2)24(17(4)31-19-11-9-8-10-12-19)32-25(29)16(3)15-20(27)22-23(28)21(30-5)13-14-26-22/h8-14,16-18,24,28H,6-7,15H2,1-5H3/t16-,17+,24+/m1/s1. The Morgan fingerprint density at radius 2 is 1.72 bits per heavy atom. The normalized spacial score (nSPS) is 13.8. The van der Waals surface area contributed by atoms with Gasteiger partial charge in [0.1, 0.15) is 18.0 Å². The van der Waals surface area contributed by atoms with Crippen molar-refractivity contribution in [2.75, 3.05) is 7.11 Å². The number of hydrogen-bond donors (Lipinski definition) is 1. The van der Waals surface area contributed by atoms with Gasteiger partial charge < -0.3 is 19.3 Å². The molecule has 7 nitrogen and oxygen atoms in total. The van der Waals surface area contributed by atoms with Crippen LogP contribution in [0.5, 0.6) is 17.2 Å². The molecule has 2 aromatic rings. The summed E-state index contributed by atoms with van der Waals surface area (Å²) in [6.07, 6.45) is 2.06. The van der Waals surface area contributed by atoms with Crippen molar-refractivity contribution in [2.45, 2.75) is 59.2 Å². The molecule has 1 aromatic carbocycles. The molecule has 0 amide bonds. The lowest BCUT2D eigenvalue weighted by Gasteiger charge is -2.31. The Hall–Kier alpha value is -3.09. The summed E-state index contributed by atoms with van der Waals surface area (Å²) in [5.41, 5.74) is -0.124. The molecular weight excluding hydrogens is 410 g/mol. The van der Waals surface area contributed by atoms with Gasteiger partial charge in [0.05, 0.1) is 13.0 Å². The molecule has 7 heteroatoms. The minimum atomic E-state index is -0.712. The van der Waals surface area contributed by atoms with E-state index in [-0.39, 0.29) is 35.6 Å². The van der Waals surface area contributed by atoms with Crippen LogP contribution in [0.4, 0.5) is 0 Å². The van der Waals surface area contributed by atoms with Crippen molar-refractivity contribution in [3.05, 3.63) is 48.3 Å². The molecule has 0 saturated heterocycles. The smallest absolute Gasteiger partial charge is 0.309 e. The molecule has 0 aliphatic rings. The number of aromatic nitrogens is 1. The maximum absolute atomic E-state index is 12.9. The van der Waals surface area contributed by atoms with Gasteiger partial charge in [-0.3, -0.25) is 9.59 Å². The number of benzene rings is 1. The third kappa shape index (κ3) is 6.45. The largest absolute Gasteiger partial charge is 0.503 e. The number of aromatic hydroxyl groups is 1. The number of methoxy groups -OCH3 is 1. The molecular formula is C25H33NO6. The summed E-state index contributed by atoms with van der Waals surface area (Å²) < 4.78 is 16.9. The van der Waals surface area contributed by atoms with Gasteiger partial charge in [-0.15, -0.1) is 0 Å². The van der Waals surface area contributed by atoms with E-state index in [1.807, 2.05) is 37.3 Å². The van der Waals surface area contributed by atoms with Crippen LogP contribution in [0.3, 0.4) is 0 Å². The van der Waals surface area contributed by atoms with Gasteiger partial charge in [-0.2, -0.15) is 0 Å². The molecule has 0 radical (unpaired) electrons. The van der Waals surface area contributed by atoms with E-state index in [9.17, 15) is 14.7 Å². The molecule has 0 fully saturated rings. The van der Waals surface area contributed by atoms with E-state index in [2.05, 4.69) is 18.8 Å². The van der Waals surface area contributed by atoms with E-state index in [0.717, 1.165) is 12.8 Å². The number of ether oxygens (including phenoxy) is 3. The monoisotopic (exact) mass is 443 g/mol. The third-order valence-corrected chi connectivity index (χ3v) is 5.56. The molecule has 0 unspecified atom stereocenters. The molecule has 2 rings (SSSR count). The van der Waals surface area contributed by atoms with Gasteiger partial charge in [0.25, 0.3) is 0 Å². The van der Waals surface area contributed by atoms with Crippen LogP contribution in [0.2, 0.25) is 0 Å². The van der Waals surface area contributed by atoms with Crippen LogP contribution in [0.15, 0.2) is 42.6 Å². The van der Waals surface area contributed by atoms with E-state index >= 15 is 0 Å². The Labute approximate surface area is 189 Å². The number of carbonyl (C=O) groups excluding carboxylic acids is 2. The first-order valence-corrected chi connectivity index (χ1v) is 11.0. The van der Waals surface area contributed by atoms with Crippen LogP contribution in [0, 0.1) is 11.8 Å². The first-order valence-electron chi connectivity index (χ1n) is 11.0. The highest BCUT2D eigenvalue weighted by Crippen LogP contribution is 2.30. The van der Waals surface area contributed by atoms with Crippen molar-refractivity contribution in [1.29, 1.82) is 0 Å². The SMILES string of the molecule is CCC(CC)[C@@H](OC(=O)[C@H](C)CC(=O)c1nccc(OC)c1O)[C@H](C)Oc1ccccc1. The average molecular weight is 444 g/mol. The van der Waals surface area contributed by atoms with Gasteiger partial charge in [0.2, 0.25) is 0 Å². The number of rotatable bonds is 12. The van der Waals surface area contributed by atoms with Gasteiger partial charge >= 0.3 is 5.97 Å². The fraction of sp³-hybridized carbons (Fsp3) is 0.480. The number of esters is 1. The highest BCUT2D eigenvalue weighted by Gasteiger charge is 2.32. The molecule has 0 spiro atoms. The first kappa shape index (κ1) is 25.2. The number of para-hydroxylation sites is 1. The van der Waals surface area contributed by atoms with Crippen molar-refractivity contribution in [3.8, 4) is 17.2 Å². The van der Waals surface area contributed by atoms with E-state index in [0.29, 0.717) is 5.75 Å². The van der Waals surface area contributed by atoms with Gasteiger partial charge in [-0.05, 0) is 37.8 Å². The molecule has 1 heterocycles. The zero-order valence-electron chi connectivity index (χ0n) is 19.4. The van der Waals surface area contributed by atoms with Crippen LogP contribution in [-0.2, 0) is 9.53 Å². The fourth-order valence-electron chi connectivity index (χ4n) is 3.62. The molecule has 1 N–H and O–H groups in total. The number of pyridine rings is 1. The third-order valence-electron chi connectivity index (χ3n) is 5.56. The van der Waals surface area contributed by atoms with Gasteiger partial charge in [0.15, 0.2) is 23.0 Å². The van der Waals surface area contributed by atoms with Crippen LogP contribution in [0.25, 0.3) is 0 Å². The lowest BCUT2D eigenvalue weighted by atomic mass is 9.92. The van der Waals surface area contributed by atoms with Crippen LogP contribution < -0.4 is 9.47 Å². The second-order valence-corrected chi connectivity index (χ2v) is 7.85. The van der Waals surface area contributed by atoms with Gasteiger partial charge in [0, 0.05) is 18.7 Å². The maximum Gasteiger partial charge on any atom is 0.309 e. The maximum atomic E-state index is 12.9. The number of carbonyl (C=O) groups is 2. The lowest BCUT2D eigenvalue weighted by molar-refractivity contribution is -0.162.